The van der Waals surface area contributed by atoms with E-state index in [0.717, 1.165) is 6.07 Å². The molecule has 2 fully saturated rings. The van der Waals surface area contributed by atoms with Crippen molar-refractivity contribution >= 4 is 46.9 Å². The Kier molecular flexibility index (Phi) is 12.6. The lowest BCUT2D eigenvalue weighted by Crippen LogP contribution is -2.54. The monoisotopic (exact) mass is 874 g/mol. The van der Waals surface area contributed by atoms with Crippen molar-refractivity contribution < 1.29 is 37.1 Å². The summed E-state index contributed by atoms with van der Waals surface area (Å²) in [7, 11) is 1.24. The molecular formula is C43H46ClF3N10O5. The van der Waals surface area contributed by atoms with E-state index in [1.807, 2.05) is 32.6 Å². The highest BCUT2D eigenvalue weighted by Crippen LogP contribution is 2.42. The molecule has 4 atom stereocenters. The quantitative estimate of drug-likeness (QED) is 0.111. The Morgan fingerprint density at radius 1 is 0.968 bits per heavy atom. The fourth-order valence-electron chi connectivity index (χ4n) is 7.95. The number of piperazine rings is 1. The third-order valence-electron chi connectivity index (χ3n) is 11.2. The Labute approximate surface area is 360 Å². The zero-order chi connectivity index (χ0) is 44.5. The SMILES string of the molecule is COC(=O)N[C@H](C(=O)N1C[C@@H](C)C[C@H]1c1nc(-c2ccc(-c3cc(Cl)c(NC(=O)c4ccc(N5CCN(C(=O)c6c[nH]cn6)C[C@H]5C)nc4)cc3C(F)(F)F)cc2)c[nH]1)C(C)C. The number of rotatable bonds is 10. The van der Waals surface area contributed by atoms with E-state index in [1.165, 1.54) is 43.9 Å². The van der Waals surface area contributed by atoms with Gasteiger partial charge >= 0.3 is 12.3 Å². The Bertz CT molecular complexity index is 2430. The van der Waals surface area contributed by atoms with Gasteiger partial charge in [-0.05, 0) is 60.6 Å². The first-order valence-corrected chi connectivity index (χ1v) is 20.4. The van der Waals surface area contributed by atoms with Crippen LogP contribution in [0.1, 0.15) is 72.4 Å². The van der Waals surface area contributed by atoms with E-state index in [-0.39, 0.29) is 63.1 Å². The minimum Gasteiger partial charge on any atom is -0.453 e. The van der Waals surface area contributed by atoms with Gasteiger partial charge in [-0.25, -0.2) is 19.7 Å². The van der Waals surface area contributed by atoms with Crippen LogP contribution in [0.2, 0.25) is 5.02 Å². The van der Waals surface area contributed by atoms with Crippen molar-refractivity contribution in [1.29, 1.82) is 0 Å². The largest absolute Gasteiger partial charge is 0.453 e. The number of nitrogens with one attached hydrogen (secondary N) is 4. The third kappa shape index (κ3) is 9.24. The summed E-state index contributed by atoms with van der Waals surface area (Å²) in [6.45, 7) is 9.48. The van der Waals surface area contributed by atoms with E-state index < -0.39 is 29.8 Å². The first-order valence-electron chi connectivity index (χ1n) is 20.1. The van der Waals surface area contributed by atoms with Gasteiger partial charge in [-0.15, -0.1) is 0 Å². The Hall–Kier alpha value is -6.43. The van der Waals surface area contributed by atoms with Gasteiger partial charge < -0.3 is 40.0 Å². The molecule has 0 aliphatic carbocycles. The lowest BCUT2D eigenvalue weighted by atomic mass is 9.97. The summed E-state index contributed by atoms with van der Waals surface area (Å²) in [6.07, 6.45) is 1.15. The number of hydrogen-bond acceptors (Lipinski definition) is 9. The fraction of sp³-hybridized carbons (Fsp3) is 0.372. The summed E-state index contributed by atoms with van der Waals surface area (Å²) < 4.78 is 48.6. The van der Waals surface area contributed by atoms with Gasteiger partial charge in [0, 0.05) is 56.4 Å². The number of carbonyl (C=O) groups excluding carboxylic acids is 4. The van der Waals surface area contributed by atoms with Crippen LogP contribution in [0.4, 0.5) is 29.5 Å². The first kappa shape index (κ1) is 43.7. The van der Waals surface area contributed by atoms with Crippen LogP contribution in [-0.4, -0.2) is 104 Å². The van der Waals surface area contributed by atoms with Crippen molar-refractivity contribution in [2.45, 2.75) is 58.4 Å². The second kappa shape index (κ2) is 17.9. The molecule has 62 heavy (non-hydrogen) atoms. The third-order valence-corrected chi connectivity index (χ3v) is 11.5. The van der Waals surface area contributed by atoms with Crippen molar-refractivity contribution in [3.8, 4) is 22.4 Å². The maximum absolute atomic E-state index is 14.6. The predicted octanol–water partition coefficient (Wildman–Crippen LogP) is 7.43. The van der Waals surface area contributed by atoms with E-state index in [4.69, 9.17) is 21.3 Å². The van der Waals surface area contributed by atoms with Crippen LogP contribution >= 0.6 is 11.6 Å². The molecule has 15 nitrogen and oxygen atoms in total. The molecule has 2 aliphatic rings. The van der Waals surface area contributed by atoms with Gasteiger partial charge in [0.25, 0.3) is 11.8 Å². The number of H-pyrrole nitrogens is 2. The lowest BCUT2D eigenvalue weighted by molar-refractivity contribution is -0.137. The van der Waals surface area contributed by atoms with Crippen LogP contribution in [0.15, 0.2) is 73.4 Å². The van der Waals surface area contributed by atoms with E-state index in [0.29, 0.717) is 61.2 Å². The number of pyridine rings is 1. The summed E-state index contributed by atoms with van der Waals surface area (Å²) in [5.74, 6) is -0.0474. The van der Waals surface area contributed by atoms with Crippen molar-refractivity contribution in [3.63, 3.8) is 0 Å². The lowest BCUT2D eigenvalue weighted by Gasteiger charge is -2.40. The number of ether oxygens (including phenoxy) is 1. The standard InChI is InChI=1S/C43H46ClF3N10O5/c1-23(2)37(54-42(61)62-5)41(60)57-20-24(3)14-35(57)38-50-19-33(52-38)27-8-6-26(7-9-27)29-15-31(44)32(16-30(29)43(45,46)47)53-39(58)28-10-11-36(49-17-28)56-13-12-55(21-25(56)4)40(59)34-18-48-22-51-34/h6-11,15-19,22-25,35,37H,12-14,20-21H2,1-5H3,(H,48,51)(H,50,52)(H,53,58)(H,54,61)/t24-,25+,35-,37-/m0/s1. The zero-order valence-electron chi connectivity index (χ0n) is 34.6. The molecule has 2 aromatic carbocycles. The molecule has 4 amide bonds. The molecule has 0 unspecified atom stereocenters. The highest BCUT2D eigenvalue weighted by atomic mass is 35.5. The number of anilines is 2. The number of imidazole rings is 2. The van der Waals surface area contributed by atoms with E-state index in [1.54, 1.807) is 40.4 Å². The van der Waals surface area contributed by atoms with Gasteiger partial charge in [-0.1, -0.05) is 56.6 Å². The maximum atomic E-state index is 14.6. The number of halogens is 4. The number of alkyl carbamates (subject to hydrolysis) is 1. The van der Waals surface area contributed by atoms with Crippen molar-refractivity contribution in [2.75, 3.05) is 43.5 Å². The molecule has 326 valence electrons. The Morgan fingerprint density at radius 2 is 1.71 bits per heavy atom. The number of aromatic nitrogens is 5. The molecule has 2 saturated heterocycles. The number of hydrogen-bond donors (Lipinski definition) is 4. The second-order valence-corrected chi connectivity index (χ2v) is 16.3. The zero-order valence-corrected chi connectivity index (χ0v) is 35.3. The average Bonchev–Trinajstić information content (AvgIpc) is 4.05. The summed E-state index contributed by atoms with van der Waals surface area (Å²) in [5, 5.41) is 5.05. The molecule has 19 heteroatoms. The van der Waals surface area contributed by atoms with E-state index in [9.17, 15) is 32.3 Å². The summed E-state index contributed by atoms with van der Waals surface area (Å²) in [5.41, 5.74) is 0.408. The number of alkyl halides is 3. The van der Waals surface area contributed by atoms with Gasteiger partial charge in [-0.3, -0.25) is 14.4 Å². The summed E-state index contributed by atoms with van der Waals surface area (Å²) in [4.78, 5) is 76.4. The molecule has 0 saturated carbocycles. The topological polar surface area (TPSA) is 182 Å². The Morgan fingerprint density at radius 3 is 2.34 bits per heavy atom. The van der Waals surface area contributed by atoms with Crippen molar-refractivity contribution in [2.24, 2.45) is 11.8 Å². The maximum Gasteiger partial charge on any atom is 0.417 e. The second-order valence-electron chi connectivity index (χ2n) is 15.9. The van der Waals surface area contributed by atoms with Crippen molar-refractivity contribution in [3.05, 3.63) is 101 Å². The van der Waals surface area contributed by atoms with Gasteiger partial charge in [0.1, 0.15) is 23.4 Å². The number of amides is 4. The van der Waals surface area contributed by atoms with Gasteiger partial charge in [0.15, 0.2) is 0 Å². The number of benzene rings is 2. The highest BCUT2D eigenvalue weighted by Gasteiger charge is 2.40. The molecule has 2 aliphatic heterocycles. The first-order chi connectivity index (χ1) is 29.5. The number of nitrogens with zero attached hydrogens (tertiary/aromatic N) is 6. The molecule has 0 bridgehead atoms. The minimum absolute atomic E-state index is 0.0928. The Balaban J connectivity index is 1.04. The van der Waals surface area contributed by atoms with Gasteiger partial charge in [0.05, 0.1) is 47.0 Å². The van der Waals surface area contributed by atoms with Crippen LogP contribution < -0.4 is 15.5 Å². The molecule has 4 N–H and O–H groups in total. The van der Waals surface area contributed by atoms with Crippen LogP contribution in [0, 0.1) is 11.8 Å². The number of likely N-dealkylation sites (tertiary alicyclic amines) is 1. The molecular weight excluding hydrogens is 829 g/mol. The number of methoxy groups -OCH3 is 1. The van der Waals surface area contributed by atoms with Crippen LogP contribution in [0.5, 0.6) is 0 Å². The minimum atomic E-state index is -4.80. The fourth-order valence-corrected chi connectivity index (χ4v) is 8.16. The molecule has 5 aromatic rings. The van der Waals surface area contributed by atoms with Crippen LogP contribution in [0.3, 0.4) is 0 Å². The summed E-state index contributed by atoms with van der Waals surface area (Å²) >= 11 is 6.54. The normalized spacial score (nSPS) is 18.5. The van der Waals surface area contributed by atoms with Crippen molar-refractivity contribution in [1.82, 2.24) is 40.0 Å². The van der Waals surface area contributed by atoms with Gasteiger partial charge in [-0.2, -0.15) is 13.2 Å². The summed E-state index contributed by atoms with van der Waals surface area (Å²) in [6, 6.07) is 10.2. The predicted molar refractivity (Wildman–Crippen MR) is 225 cm³/mol. The smallest absolute Gasteiger partial charge is 0.417 e. The molecule has 3 aromatic heterocycles. The molecule has 5 heterocycles. The van der Waals surface area contributed by atoms with E-state index in [2.05, 4.69) is 30.6 Å². The number of carbonyl (C=O) groups is 4. The number of aromatic amines is 2. The van der Waals surface area contributed by atoms with Crippen LogP contribution in [-0.2, 0) is 15.7 Å². The van der Waals surface area contributed by atoms with E-state index >= 15 is 0 Å². The van der Waals surface area contributed by atoms with Crippen LogP contribution in [0.25, 0.3) is 22.4 Å². The average molecular weight is 875 g/mol. The highest BCUT2D eigenvalue weighted by molar-refractivity contribution is 6.34. The molecule has 7 rings (SSSR count). The molecule has 0 spiro atoms. The van der Waals surface area contributed by atoms with Gasteiger partial charge in [0.2, 0.25) is 5.91 Å². The molecule has 0 radical (unpaired) electrons.